The van der Waals surface area contributed by atoms with Gasteiger partial charge < -0.3 is 10.2 Å². The molecule has 1 aromatic carbocycles. The lowest BCUT2D eigenvalue weighted by atomic mass is 9.97. The molecular formula is C22H23ClFN5O4S. The van der Waals surface area contributed by atoms with Crippen molar-refractivity contribution in [3.05, 3.63) is 50.7 Å². The Labute approximate surface area is 204 Å². The topological polar surface area (TPSA) is 121 Å². The van der Waals surface area contributed by atoms with Crippen molar-refractivity contribution in [2.75, 3.05) is 19.6 Å². The summed E-state index contributed by atoms with van der Waals surface area (Å²) in [7, 11) is 0. The lowest BCUT2D eigenvalue weighted by Gasteiger charge is -2.31. The van der Waals surface area contributed by atoms with Gasteiger partial charge in [-0.2, -0.15) is 0 Å². The lowest BCUT2D eigenvalue weighted by molar-refractivity contribution is -0.137. The summed E-state index contributed by atoms with van der Waals surface area (Å²) in [5.41, 5.74) is 4.64. The summed E-state index contributed by atoms with van der Waals surface area (Å²) in [5, 5.41) is 5.05. The van der Waals surface area contributed by atoms with Gasteiger partial charge in [0.1, 0.15) is 17.4 Å². The van der Waals surface area contributed by atoms with Crippen LogP contribution in [0.15, 0.2) is 23.6 Å². The molecule has 9 nitrogen and oxygen atoms in total. The van der Waals surface area contributed by atoms with Crippen molar-refractivity contribution >= 4 is 46.6 Å². The Balaban J connectivity index is 1.30. The summed E-state index contributed by atoms with van der Waals surface area (Å²) >= 11 is 7.34. The van der Waals surface area contributed by atoms with Gasteiger partial charge >= 0.3 is 0 Å². The van der Waals surface area contributed by atoms with Crippen molar-refractivity contribution in [1.29, 1.82) is 0 Å². The molecule has 2 aliphatic rings. The molecule has 1 atom stereocenters. The highest BCUT2D eigenvalue weighted by molar-refractivity contribution is 7.09. The predicted octanol–water partition coefficient (Wildman–Crippen LogP) is 2.24. The fourth-order valence-electron chi connectivity index (χ4n) is 4.06. The number of amides is 4. The first kappa shape index (κ1) is 24.1. The number of hydrogen-bond acceptors (Lipinski definition) is 6. The van der Waals surface area contributed by atoms with Gasteiger partial charge in [0.05, 0.1) is 15.6 Å². The molecule has 180 valence electrons. The Hall–Kier alpha value is -3.05. The molecular weight excluding hydrogens is 485 g/mol. The second-order valence-electron chi connectivity index (χ2n) is 8.16. The van der Waals surface area contributed by atoms with Gasteiger partial charge in [-0.05, 0) is 37.8 Å². The predicted molar refractivity (Wildman–Crippen MR) is 123 cm³/mol. The van der Waals surface area contributed by atoms with E-state index in [0.717, 1.165) is 5.01 Å². The molecule has 34 heavy (non-hydrogen) atoms. The summed E-state index contributed by atoms with van der Waals surface area (Å²) in [4.78, 5) is 55.0. The van der Waals surface area contributed by atoms with E-state index in [1.807, 2.05) is 0 Å². The molecule has 4 amide bonds. The zero-order chi connectivity index (χ0) is 24.2. The van der Waals surface area contributed by atoms with Crippen LogP contribution in [0, 0.1) is 11.7 Å². The van der Waals surface area contributed by atoms with Gasteiger partial charge in [-0.15, -0.1) is 11.3 Å². The van der Waals surface area contributed by atoms with Crippen molar-refractivity contribution in [2.24, 2.45) is 5.92 Å². The highest BCUT2D eigenvalue weighted by Gasteiger charge is 2.31. The molecule has 0 radical (unpaired) electrons. The third kappa shape index (κ3) is 5.20. The molecule has 3 heterocycles. The Morgan fingerprint density at radius 3 is 2.65 bits per heavy atom. The van der Waals surface area contributed by atoms with Crippen LogP contribution < -0.4 is 16.2 Å². The summed E-state index contributed by atoms with van der Waals surface area (Å²) in [6.07, 6.45) is 2.35. The number of likely N-dealkylation sites (tertiary alicyclic amines) is 1. The molecule has 2 aliphatic heterocycles. The van der Waals surface area contributed by atoms with E-state index in [0.29, 0.717) is 45.3 Å². The Kier molecular flexibility index (Phi) is 7.42. The average Bonchev–Trinajstić information content (AvgIpc) is 3.33. The molecule has 12 heteroatoms. The zero-order valence-corrected chi connectivity index (χ0v) is 19.7. The number of carbonyl (C=O) groups is 4. The molecule has 0 saturated carbocycles. The number of aromatic nitrogens is 1. The van der Waals surface area contributed by atoms with E-state index in [1.165, 1.54) is 29.5 Å². The van der Waals surface area contributed by atoms with Crippen molar-refractivity contribution in [1.82, 2.24) is 26.1 Å². The van der Waals surface area contributed by atoms with Crippen LogP contribution in [-0.4, -0.2) is 53.1 Å². The van der Waals surface area contributed by atoms with Crippen LogP contribution in [0.1, 0.15) is 57.5 Å². The van der Waals surface area contributed by atoms with E-state index < -0.39 is 29.5 Å². The maximum Gasteiger partial charge on any atom is 0.289 e. The van der Waals surface area contributed by atoms with Crippen LogP contribution in [0.5, 0.6) is 0 Å². The van der Waals surface area contributed by atoms with Crippen LogP contribution in [0.25, 0.3) is 0 Å². The van der Waals surface area contributed by atoms with E-state index >= 15 is 0 Å². The molecule has 2 fully saturated rings. The average molecular weight is 508 g/mol. The molecule has 3 N–H and O–H groups in total. The monoisotopic (exact) mass is 507 g/mol. The van der Waals surface area contributed by atoms with Crippen molar-refractivity contribution in [3.63, 3.8) is 0 Å². The molecule has 1 unspecified atom stereocenters. The molecule has 0 spiro atoms. The number of piperidine rings is 2. The fourth-order valence-corrected chi connectivity index (χ4v) is 5.28. The number of carbonyl (C=O) groups excluding carboxylic acids is 4. The van der Waals surface area contributed by atoms with E-state index in [2.05, 4.69) is 21.2 Å². The van der Waals surface area contributed by atoms with Crippen molar-refractivity contribution < 1.29 is 23.6 Å². The summed E-state index contributed by atoms with van der Waals surface area (Å²) < 4.78 is 14.1. The number of nitrogens with zero attached hydrogens (tertiary/aromatic N) is 2. The van der Waals surface area contributed by atoms with E-state index in [9.17, 15) is 23.6 Å². The van der Waals surface area contributed by atoms with Crippen LogP contribution in [0.3, 0.4) is 0 Å². The fraction of sp³-hybridized carbons (Fsp3) is 0.409. The van der Waals surface area contributed by atoms with Gasteiger partial charge in [0, 0.05) is 30.9 Å². The van der Waals surface area contributed by atoms with Crippen LogP contribution in [0.2, 0.25) is 5.02 Å². The van der Waals surface area contributed by atoms with E-state index in [4.69, 9.17) is 11.6 Å². The van der Waals surface area contributed by atoms with Crippen LogP contribution >= 0.6 is 22.9 Å². The number of benzene rings is 1. The normalized spacial score (nSPS) is 18.8. The van der Waals surface area contributed by atoms with Crippen molar-refractivity contribution in [2.45, 2.75) is 31.6 Å². The summed E-state index contributed by atoms with van der Waals surface area (Å²) in [5.74, 6) is -3.35. The van der Waals surface area contributed by atoms with Gasteiger partial charge in [0.15, 0.2) is 0 Å². The quantitative estimate of drug-likeness (QED) is 0.433. The summed E-state index contributed by atoms with van der Waals surface area (Å²) in [6, 6.07) is 4.15. The number of hydrogen-bond donors (Lipinski definition) is 3. The molecule has 2 saturated heterocycles. The highest BCUT2D eigenvalue weighted by atomic mass is 35.5. The number of hydrazine groups is 1. The number of thiazole rings is 1. The molecule has 0 bridgehead atoms. The van der Waals surface area contributed by atoms with E-state index in [-0.39, 0.29) is 28.1 Å². The maximum atomic E-state index is 14.1. The minimum absolute atomic E-state index is 0.0484. The number of rotatable bonds is 4. The van der Waals surface area contributed by atoms with Gasteiger partial charge in [0.2, 0.25) is 5.91 Å². The third-order valence-electron chi connectivity index (χ3n) is 5.96. The molecule has 0 aliphatic carbocycles. The Morgan fingerprint density at radius 2 is 1.94 bits per heavy atom. The van der Waals surface area contributed by atoms with Crippen LogP contribution in [0.4, 0.5) is 4.39 Å². The first-order valence-corrected chi connectivity index (χ1v) is 12.2. The summed E-state index contributed by atoms with van der Waals surface area (Å²) in [6.45, 7) is 1.37. The first-order valence-electron chi connectivity index (χ1n) is 10.9. The van der Waals surface area contributed by atoms with Gasteiger partial charge in [0.25, 0.3) is 17.7 Å². The lowest BCUT2D eigenvalue weighted by Crippen LogP contribution is -2.50. The van der Waals surface area contributed by atoms with Gasteiger partial charge in [-0.3, -0.25) is 30.0 Å². The second-order valence-corrected chi connectivity index (χ2v) is 9.46. The maximum absolute atomic E-state index is 14.1. The largest absolute Gasteiger partial charge is 0.355 e. The molecule has 4 rings (SSSR count). The number of halogens is 2. The van der Waals surface area contributed by atoms with E-state index in [1.54, 1.807) is 10.3 Å². The minimum atomic E-state index is -0.827. The standard InChI is InChI=1S/C22H23ClFN5O4S/c23-14-4-1-5-15(24)17(14)22(33)29-9-6-12(7-10-29)21-26-16(11-34-21)20(32)28-27-19(31)13-3-2-8-25-18(13)30/h1,4-5,11-13H,2-3,6-10H2,(H,25,30)(H,27,31)(H,28,32). The third-order valence-corrected chi connectivity index (χ3v) is 7.29. The van der Waals surface area contributed by atoms with Gasteiger partial charge in [-0.25, -0.2) is 9.37 Å². The first-order chi connectivity index (χ1) is 16.3. The molecule has 1 aromatic heterocycles. The molecule has 2 aromatic rings. The highest BCUT2D eigenvalue weighted by Crippen LogP contribution is 2.31. The van der Waals surface area contributed by atoms with Crippen molar-refractivity contribution in [3.8, 4) is 0 Å². The Morgan fingerprint density at radius 1 is 1.18 bits per heavy atom. The van der Waals surface area contributed by atoms with Crippen LogP contribution in [-0.2, 0) is 9.59 Å². The number of nitrogens with one attached hydrogen (secondary N) is 3. The SMILES string of the molecule is O=C(NNC(=O)C1CCCNC1=O)c1csc(C2CCN(C(=O)c3c(F)cccc3Cl)CC2)n1. The van der Waals surface area contributed by atoms with Gasteiger partial charge in [-0.1, -0.05) is 17.7 Å². The Bertz CT molecular complexity index is 1100. The smallest absolute Gasteiger partial charge is 0.289 e. The minimum Gasteiger partial charge on any atom is -0.355 e. The zero-order valence-electron chi connectivity index (χ0n) is 18.1. The second kappa shape index (κ2) is 10.5.